The molecule has 1 heterocycles. The van der Waals surface area contributed by atoms with Gasteiger partial charge in [-0.25, -0.2) is 0 Å². The predicted molar refractivity (Wildman–Crippen MR) is 130 cm³/mol. The molecule has 168 valence electrons. The highest BCUT2D eigenvalue weighted by Gasteiger charge is 2.22. The molecule has 0 aromatic heterocycles. The summed E-state index contributed by atoms with van der Waals surface area (Å²) in [5.41, 5.74) is 2.62. The number of para-hydroxylation sites is 1. The molecule has 0 radical (unpaired) electrons. The molecule has 5 nitrogen and oxygen atoms in total. The molecule has 0 atom stereocenters. The van der Waals surface area contributed by atoms with Crippen LogP contribution in [0.15, 0.2) is 84.6 Å². The molecular weight excluding hydrogens is 412 g/mol. The molecule has 0 saturated carbocycles. The largest absolute Gasteiger partial charge is 0.457 e. The number of amides is 2. The fraction of sp³-hybridized carbons (Fsp3) is 0.214. The zero-order valence-electron chi connectivity index (χ0n) is 18.8. The summed E-state index contributed by atoms with van der Waals surface area (Å²) in [6.45, 7) is 3.37. The topological polar surface area (TPSA) is 58.6 Å². The Morgan fingerprint density at radius 2 is 1.55 bits per heavy atom. The minimum absolute atomic E-state index is 0.162. The third-order valence-corrected chi connectivity index (χ3v) is 5.58. The first-order valence-corrected chi connectivity index (χ1v) is 11.3. The minimum Gasteiger partial charge on any atom is -0.457 e. The van der Waals surface area contributed by atoms with E-state index in [4.69, 9.17) is 4.74 Å². The molecule has 0 spiro atoms. The Hall–Kier alpha value is -3.86. The normalized spacial score (nSPS) is 14.0. The molecule has 33 heavy (non-hydrogen) atoms. The zero-order chi connectivity index (χ0) is 23.0. The smallest absolute Gasteiger partial charge is 0.270 e. The van der Waals surface area contributed by atoms with Gasteiger partial charge in [0.05, 0.1) is 0 Å². The van der Waals surface area contributed by atoms with Gasteiger partial charge in [-0.15, -0.1) is 0 Å². The molecule has 1 saturated heterocycles. The van der Waals surface area contributed by atoms with Crippen molar-refractivity contribution in [2.24, 2.45) is 0 Å². The number of likely N-dealkylation sites (tertiary alicyclic amines) is 1. The number of benzene rings is 3. The molecule has 0 aliphatic carbocycles. The van der Waals surface area contributed by atoms with Crippen molar-refractivity contribution in [3.8, 4) is 11.5 Å². The van der Waals surface area contributed by atoms with Crippen molar-refractivity contribution in [2.45, 2.75) is 26.2 Å². The summed E-state index contributed by atoms with van der Waals surface area (Å²) in [6.07, 6.45) is 4.80. The number of piperidine rings is 1. The van der Waals surface area contributed by atoms with E-state index >= 15 is 0 Å². The van der Waals surface area contributed by atoms with Crippen LogP contribution in [0.5, 0.6) is 11.5 Å². The van der Waals surface area contributed by atoms with Crippen molar-refractivity contribution in [3.63, 3.8) is 0 Å². The highest BCUT2D eigenvalue weighted by Crippen LogP contribution is 2.23. The first-order valence-electron chi connectivity index (χ1n) is 11.3. The van der Waals surface area contributed by atoms with Crippen molar-refractivity contribution >= 4 is 17.9 Å². The van der Waals surface area contributed by atoms with Crippen molar-refractivity contribution in [1.29, 1.82) is 0 Å². The summed E-state index contributed by atoms with van der Waals surface area (Å²) in [4.78, 5) is 28.0. The number of nitrogens with zero attached hydrogens (tertiary/aromatic N) is 1. The van der Waals surface area contributed by atoms with Crippen LogP contribution in [0.2, 0.25) is 0 Å². The van der Waals surface area contributed by atoms with E-state index in [0.717, 1.165) is 36.1 Å². The molecule has 5 heteroatoms. The molecule has 1 fully saturated rings. The number of ether oxygens (including phenoxy) is 1. The lowest BCUT2D eigenvalue weighted by Gasteiger charge is -2.27. The van der Waals surface area contributed by atoms with Gasteiger partial charge in [0.2, 0.25) is 0 Å². The summed E-state index contributed by atoms with van der Waals surface area (Å²) in [5.74, 6) is 0.924. The molecule has 0 bridgehead atoms. The third-order valence-electron chi connectivity index (χ3n) is 5.58. The molecule has 3 aromatic carbocycles. The van der Waals surface area contributed by atoms with Crippen LogP contribution in [0.25, 0.3) is 6.08 Å². The van der Waals surface area contributed by atoms with Crippen molar-refractivity contribution in [3.05, 3.63) is 101 Å². The minimum atomic E-state index is -0.303. The number of carbonyl (C=O) groups is 2. The predicted octanol–water partition coefficient (Wildman–Crippen LogP) is 5.57. The van der Waals surface area contributed by atoms with Crippen molar-refractivity contribution in [2.75, 3.05) is 13.1 Å². The van der Waals surface area contributed by atoms with Gasteiger partial charge in [-0.05, 0) is 74.2 Å². The molecule has 2 amide bonds. The second-order valence-corrected chi connectivity index (χ2v) is 8.22. The third kappa shape index (κ3) is 6.10. The molecule has 0 unspecified atom stereocenters. The molecule has 4 rings (SSSR count). The number of rotatable bonds is 6. The van der Waals surface area contributed by atoms with E-state index in [1.165, 1.54) is 0 Å². The Kier molecular flexibility index (Phi) is 7.20. The van der Waals surface area contributed by atoms with Crippen LogP contribution in [0.4, 0.5) is 0 Å². The Labute approximate surface area is 194 Å². The van der Waals surface area contributed by atoms with E-state index in [9.17, 15) is 9.59 Å². The van der Waals surface area contributed by atoms with Crippen LogP contribution in [-0.4, -0.2) is 29.8 Å². The standard InChI is InChI=1S/C28H28N2O3/c1-21-13-15-23(16-14-21)27(31)29-26(28(32)30-17-6-3-7-18-30)20-22-9-8-12-25(19-22)33-24-10-4-2-5-11-24/h2,4-5,8-16,19-20H,3,6-7,17-18H2,1H3,(H,29,31). The van der Waals surface area contributed by atoms with Crippen LogP contribution in [0, 0.1) is 6.92 Å². The van der Waals surface area contributed by atoms with Gasteiger partial charge in [0, 0.05) is 18.7 Å². The summed E-state index contributed by atoms with van der Waals surface area (Å²) < 4.78 is 5.93. The molecule has 1 N–H and O–H groups in total. The van der Waals surface area contributed by atoms with E-state index < -0.39 is 0 Å². The molecule has 3 aromatic rings. The average molecular weight is 441 g/mol. The Bertz CT molecular complexity index is 1130. The quantitative estimate of drug-likeness (QED) is 0.510. The van der Waals surface area contributed by atoms with Crippen LogP contribution in [0.1, 0.15) is 40.7 Å². The van der Waals surface area contributed by atoms with E-state index in [0.29, 0.717) is 24.4 Å². The SMILES string of the molecule is Cc1ccc(C(=O)NC(=Cc2cccc(Oc3ccccc3)c2)C(=O)N2CCCCC2)cc1. The Morgan fingerprint density at radius 3 is 2.27 bits per heavy atom. The fourth-order valence-electron chi connectivity index (χ4n) is 3.78. The second-order valence-electron chi connectivity index (χ2n) is 8.22. The highest BCUT2D eigenvalue weighted by atomic mass is 16.5. The molecular formula is C28H28N2O3. The van der Waals surface area contributed by atoms with Crippen LogP contribution in [-0.2, 0) is 4.79 Å². The summed E-state index contributed by atoms with van der Waals surface area (Å²) >= 11 is 0. The second kappa shape index (κ2) is 10.6. The summed E-state index contributed by atoms with van der Waals surface area (Å²) in [6, 6.07) is 24.3. The Balaban J connectivity index is 1.60. The molecule has 1 aliphatic heterocycles. The maximum Gasteiger partial charge on any atom is 0.270 e. The van der Waals surface area contributed by atoms with Crippen molar-refractivity contribution in [1.82, 2.24) is 10.2 Å². The lowest BCUT2D eigenvalue weighted by atomic mass is 10.1. The maximum atomic E-state index is 13.3. The van der Waals surface area contributed by atoms with E-state index in [1.807, 2.05) is 78.6 Å². The van der Waals surface area contributed by atoms with Crippen LogP contribution >= 0.6 is 0 Å². The number of hydrogen-bond acceptors (Lipinski definition) is 3. The maximum absolute atomic E-state index is 13.3. The van der Waals surface area contributed by atoms with Gasteiger partial charge >= 0.3 is 0 Å². The van der Waals surface area contributed by atoms with Gasteiger partial charge in [-0.3, -0.25) is 9.59 Å². The monoisotopic (exact) mass is 440 g/mol. The van der Waals surface area contributed by atoms with E-state index in [-0.39, 0.29) is 17.5 Å². The van der Waals surface area contributed by atoms with Gasteiger partial charge < -0.3 is 15.0 Å². The lowest BCUT2D eigenvalue weighted by molar-refractivity contribution is -0.128. The summed E-state index contributed by atoms with van der Waals surface area (Å²) in [7, 11) is 0. The first kappa shape index (κ1) is 22.3. The van der Waals surface area contributed by atoms with Crippen molar-refractivity contribution < 1.29 is 14.3 Å². The lowest BCUT2D eigenvalue weighted by Crippen LogP contribution is -2.41. The zero-order valence-corrected chi connectivity index (χ0v) is 18.8. The van der Waals surface area contributed by atoms with Gasteiger partial charge in [-0.2, -0.15) is 0 Å². The fourth-order valence-corrected chi connectivity index (χ4v) is 3.78. The molecule has 1 aliphatic rings. The van der Waals surface area contributed by atoms with E-state index in [2.05, 4.69) is 5.32 Å². The summed E-state index contributed by atoms with van der Waals surface area (Å²) in [5, 5.41) is 2.86. The van der Waals surface area contributed by atoms with Gasteiger partial charge in [0.1, 0.15) is 17.2 Å². The number of nitrogens with one attached hydrogen (secondary N) is 1. The van der Waals surface area contributed by atoms with Gasteiger partial charge in [-0.1, -0.05) is 48.0 Å². The Morgan fingerprint density at radius 1 is 0.848 bits per heavy atom. The highest BCUT2D eigenvalue weighted by molar-refractivity contribution is 6.05. The van der Waals surface area contributed by atoms with Crippen LogP contribution < -0.4 is 10.1 Å². The van der Waals surface area contributed by atoms with Gasteiger partial charge in [0.15, 0.2) is 0 Å². The van der Waals surface area contributed by atoms with Gasteiger partial charge in [0.25, 0.3) is 11.8 Å². The van der Waals surface area contributed by atoms with E-state index in [1.54, 1.807) is 18.2 Å². The van der Waals surface area contributed by atoms with Crippen LogP contribution in [0.3, 0.4) is 0 Å². The number of carbonyl (C=O) groups excluding carboxylic acids is 2. The average Bonchev–Trinajstić information content (AvgIpc) is 2.85. The number of aryl methyl sites for hydroxylation is 1. The first-order chi connectivity index (χ1) is 16.1. The number of hydrogen-bond donors (Lipinski definition) is 1.